The first kappa shape index (κ1) is 86.1. The summed E-state index contributed by atoms with van der Waals surface area (Å²) in [6.45, 7) is 15.8. The molecule has 0 unspecified atom stereocenters. The molecule has 0 aliphatic carbocycles. The van der Waals surface area contributed by atoms with E-state index < -0.39 is 48.0 Å². The number of carboxylic acid groups (broad SMARTS) is 1. The predicted molar refractivity (Wildman–Crippen MR) is 469 cm³/mol. The topological polar surface area (TPSA) is 349 Å². The number of methoxy groups -OCH3 is 3. The van der Waals surface area contributed by atoms with Gasteiger partial charge >= 0.3 is 24.2 Å². The third-order valence-corrected chi connectivity index (χ3v) is 23.2. The number of amides is 6. The first-order valence-electron chi connectivity index (χ1n) is 42.0. The molecule has 4 aromatic heterocycles. The number of ether oxygens (including phenoxy) is 4. The lowest BCUT2D eigenvalue weighted by Crippen LogP contribution is -2.51. The Kier molecular flexibility index (Phi) is 26.8. The minimum atomic E-state index is -1.41. The van der Waals surface area contributed by atoms with E-state index in [9.17, 15) is 33.6 Å². The van der Waals surface area contributed by atoms with Crippen LogP contribution in [-0.2, 0) is 38.1 Å². The number of fused-ring (bicyclic) bond motifs is 2. The molecule has 4 aliphatic rings. The van der Waals surface area contributed by atoms with Crippen LogP contribution in [-0.4, -0.2) is 177 Å². The average Bonchev–Trinajstić information content (AvgIpc) is 0.922. The van der Waals surface area contributed by atoms with Crippen molar-refractivity contribution >= 4 is 63.5 Å². The fourth-order valence-electron chi connectivity index (χ4n) is 16.7. The molecular formula is C96H106N14O13. The molecule has 16 rings (SSSR count). The molecule has 0 spiro atoms. The zero-order chi connectivity index (χ0) is 86.8. The molecule has 27 heteroatoms. The van der Waals surface area contributed by atoms with Gasteiger partial charge in [0.05, 0.1) is 86.0 Å². The fraction of sp³-hybridized carbons (Fsp3) is 0.344. The molecule has 0 radical (unpaired) electrons. The number of carbonyl (C=O) groups excluding carboxylic acids is 6. The minimum Gasteiger partial charge on any atom is -0.479 e. The van der Waals surface area contributed by atoms with Gasteiger partial charge in [-0.1, -0.05) is 185 Å². The number of hydrogen-bond acceptors (Lipinski definition) is 16. The number of hydrogen-bond donors (Lipinski definition) is 8. The Morgan fingerprint density at radius 1 is 0.407 bits per heavy atom. The number of H-pyrrole nitrogens is 4. The van der Waals surface area contributed by atoms with Gasteiger partial charge in [0, 0.05) is 44.4 Å². The van der Waals surface area contributed by atoms with Crippen LogP contribution in [0.3, 0.4) is 0 Å². The Balaban J connectivity index is 0.000000178. The Hall–Kier alpha value is -13.3. The van der Waals surface area contributed by atoms with E-state index in [0.29, 0.717) is 31.7 Å². The maximum atomic E-state index is 13.6. The number of aromatic amines is 4. The van der Waals surface area contributed by atoms with Crippen molar-refractivity contribution in [1.29, 1.82) is 0 Å². The van der Waals surface area contributed by atoms with Crippen LogP contribution in [0.25, 0.3) is 88.8 Å². The van der Waals surface area contributed by atoms with E-state index in [2.05, 4.69) is 157 Å². The van der Waals surface area contributed by atoms with Gasteiger partial charge in [-0.25, -0.2) is 39.1 Å². The average molecular weight is 1660 g/mol. The van der Waals surface area contributed by atoms with Crippen LogP contribution in [0.4, 0.5) is 14.4 Å². The SMILES string of the molecule is COC(=O)N[C@H](C(=O)N1CCC[C@H]1c1ncc(-c2ccc3cc(-c4ccc(-c5cnc([C@@H]6CCCN6C(=O)OC(C)(C)C)[nH]5)cc4)ccc3c2)[nH]1)C(C)C.COC(=O)N[C@H](C(=O)N1CCC[C@H]1c1ncc(-c2ccc3cc(-c4ccc(-c5cnc([C@@H]6CCCN6C(=O)[C@H](OC)c6ccccc6)[nH]5)cc4)ccc3c2)[nH]1)C(C)C.O=C(O)[C@H](O)c1ccccc1. The van der Waals surface area contributed by atoms with E-state index in [1.165, 1.54) is 14.2 Å². The first-order valence-corrected chi connectivity index (χ1v) is 42.0. The molecule has 0 saturated carbocycles. The maximum absolute atomic E-state index is 13.6. The van der Waals surface area contributed by atoms with E-state index in [1.807, 2.05) is 118 Å². The van der Waals surface area contributed by atoms with Gasteiger partial charge in [0.2, 0.25) is 11.8 Å². The highest BCUT2D eigenvalue weighted by atomic mass is 16.6. The number of nitrogens with one attached hydrogen (secondary N) is 6. The molecule has 12 aromatic rings. The Bertz CT molecular complexity index is 5720. The van der Waals surface area contributed by atoms with E-state index in [0.717, 1.165) is 169 Å². The fourth-order valence-corrected chi connectivity index (χ4v) is 16.7. The van der Waals surface area contributed by atoms with Gasteiger partial charge in [-0.05, 0) is 174 Å². The van der Waals surface area contributed by atoms with Crippen molar-refractivity contribution in [2.45, 2.75) is 154 Å². The van der Waals surface area contributed by atoms with Crippen molar-refractivity contribution in [3.05, 3.63) is 241 Å². The third-order valence-electron chi connectivity index (χ3n) is 23.2. The van der Waals surface area contributed by atoms with Crippen molar-refractivity contribution in [2.24, 2.45) is 11.8 Å². The zero-order valence-electron chi connectivity index (χ0n) is 70.9. The summed E-state index contributed by atoms with van der Waals surface area (Å²) >= 11 is 0. The van der Waals surface area contributed by atoms with Gasteiger partial charge in [0.25, 0.3) is 5.91 Å². The summed E-state index contributed by atoms with van der Waals surface area (Å²) in [6, 6.07) is 58.4. The second kappa shape index (κ2) is 38.2. The first-order chi connectivity index (χ1) is 59.3. The lowest BCUT2D eigenvalue weighted by molar-refractivity contribution is -0.147. The summed E-state index contributed by atoms with van der Waals surface area (Å²) in [7, 11) is 4.17. The van der Waals surface area contributed by atoms with E-state index in [4.69, 9.17) is 44.1 Å². The molecule has 27 nitrogen and oxygen atoms in total. The number of likely N-dealkylation sites (tertiary alicyclic amines) is 4. The highest BCUT2D eigenvalue weighted by molar-refractivity contribution is 5.93. The minimum absolute atomic E-state index is 0.0468. The molecule has 638 valence electrons. The van der Waals surface area contributed by atoms with Crippen molar-refractivity contribution in [1.82, 2.24) is 70.1 Å². The van der Waals surface area contributed by atoms with Crippen molar-refractivity contribution in [2.75, 3.05) is 47.5 Å². The number of alkyl carbamates (subject to hydrolysis) is 2. The van der Waals surface area contributed by atoms with Gasteiger partial charge < -0.3 is 74.4 Å². The number of carboxylic acids is 1. The summed E-state index contributed by atoms with van der Waals surface area (Å²) in [5.41, 5.74) is 12.7. The van der Waals surface area contributed by atoms with Crippen molar-refractivity contribution in [3.63, 3.8) is 0 Å². The number of aliphatic hydroxyl groups excluding tert-OH is 1. The van der Waals surface area contributed by atoms with Gasteiger partial charge in [0.15, 0.2) is 12.2 Å². The number of nitrogens with zero attached hydrogens (tertiary/aromatic N) is 8. The lowest BCUT2D eigenvalue weighted by atomic mass is 9.98. The highest BCUT2D eigenvalue weighted by Crippen LogP contribution is 2.41. The Labute approximate surface area is 714 Å². The largest absolute Gasteiger partial charge is 0.479 e. The molecule has 8 heterocycles. The number of benzene rings is 8. The molecule has 8 atom stereocenters. The van der Waals surface area contributed by atoms with E-state index in [-0.39, 0.29) is 59.8 Å². The van der Waals surface area contributed by atoms with Gasteiger partial charge in [-0.3, -0.25) is 19.3 Å². The van der Waals surface area contributed by atoms with Crippen LogP contribution in [0.15, 0.2) is 207 Å². The standard InChI is InChI=1S/C46H49N7O5.C42H49N7O5.C8H8O3/c1-28(2)40(51-46(56)58-4)44(54)52-22-8-12-38(52)42-48-27-37(50-42)35-21-20-33-24-32(18-19-34(33)25-35)29-14-16-30(17-15-29)36-26-47-43(49-36)39-13-9-23-53(39)45(55)41(57-3)31-10-6-5-7-11-31;1-25(2)36(47-40(51)53-6)39(50)48-19-7-9-34(48)37-44-24-33(46-37)31-18-17-29-21-28(15-16-30(29)22-31)26-11-13-27(14-12-26)32-23-43-38(45-32)35-10-8-20-49(35)41(52)54-42(3,4)5;9-7(8(10)11)6-4-2-1-3-5-6/h5-7,10-11,14-21,24-28,38-41H,8-9,12-13,22-23H2,1-4H3,(H,47,49)(H,48,50)(H,51,56);11-18,21-25,34-36H,7-10,19-20H2,1-6H3,(H,43,45)(H,44,46)(H,47,51);1-5,7,9H,(H,10,11)/t38-,39-,40-,41+;34-,35-,36-;7-/m001/s1. The maximum Gasteiger partial charge on any atom is 0.410 e. The number of aliphatic hydroxyl groups is 1. The van der Waals surface area contributed by atoms with E-state index >= 15 is 0 Å². The summed E-state index contributed by atoms with van der Waals surface area (Å²) in [4.78, 5) is 128. The van der Waals surface area contributed by atoms with Gasteiger partial charge in [-0.2, -0.15) is 0 Å². The molecule has 4 aliphatic heterocycles. The number of aromatic nitrogens is 8. The molecule has 6 amide bonds. The van der Waals surface area contributed by atoms with Crippen LogP contribution in [0.2, 0.25) is 0 Å². The Morgan fingerprint density at radius 2 is 0.715 bits per heavy atom. The van der Waals surface area contributed by atoms with Crippen LogP contribution in [0.1, 0.15) is 171 Å². The van der Waals surface area contributed by atoms with Gasteiger partial charge in [0.1, 0.15) is 41.0 Å². The molecule has 4 saturated heterocycles. The number of aliphatic carboxylic acids is 1. The highest BCUT2D eigenvalue weighted by Gasteiger charge is 2.42. The molecule has 0 bridgehead atoms. The van der Waals surface area contributed by atoms with Crippen LogP contribution >= 0.6 is 0 Å². The van der Waals surface area contributed by atoms with Crippen molar-refractivity contribution in [3.8, 4) is 67.3 Å². The van der Waals surface area contributed by atoms with Crippen LogP contribution < -0.4 is 10.6 Å². The quantitative estimate of drug-likeness (QED) is 0.0310. The summed E-state index contributed by atoms with van der Waals surface area (Å²) in [5.74, 6) is 1.31. The Morgan fingerprint density at radius 3 is 1.06 bits per heavy atom. The third kappa shape index (κ3) is 19.9. The summed E-state index contributed by atoms with van der Waals surface area (Å²) < 4.78 is 20.8. The van der Waals surface area contributed by atoms with Gasteiger partial charge in [-0.15, -0.1) is 0 Å². The molecule has 8 N–H and O–H groups in total. The summed E-state index contributed by atoms with van der Waals surface area (Å²) in [5, 5.41) is 27.2. The molecule has 8 aromatic carbocycles. The lowest BCUT2D eigenvalue weighted by Gasteiger charge is -2.30. The smallest absolute Gasteiger partial charge is 0.410 e. The molecule has 4 fully saturated rings. The molecular weight excluding hydrogens is 1560 g/mol. The van der Waals surface area contributed by atoms with Crippen LogP contribution in [0.5, 0.6) is 0 Å². The number of imidazole rings is 4. The van der Waals surface area contributed by atoms with Crippen LogP contribution in [0, 0.1) is 11.8 Å². The number of rotatable bonds is 21. The predicted octanol–water partition coefficient (Wildman–Crippen LogP) is 17.6. The normalized spacial score (nSPS) is 17.4. The monoisotopic (exact) mass is 1660 g/mol. The van der Waals surface area contributed by atoms with Crippen molar-refractivity contribution < 1.29 is 62.7 Å². The summed E-state index contributed by atoms with van der Waals surface area (Å²) in [6.07, 6.45) is 10.5. The number of carbonyl (C=O) groups is 7. The molecule has 123 heavy (non-hydrogen) atoms. The van der Waals surface area contributed by atoms with E-state index in [1.54, 1.807) is 42.3 Å². The second-order valence-corrected chi connectivity index (χ2v) is 33.2. The second-order valence-electron chi connectivity index (χ2n) is 33.2. The zero-order valence-corrected chi connectivity index (χ0v) is 70.9.